The fourth-order valence-electron chi connectivity index (χ4n) is 2.68. The van der Waals surface area contributed by atoms with Crippen LogP contribution in [0.1, 0.15) is 5.56 Å². The van der Waals surface area contributed by atoms with Gasteiger partial charge in [-0.25, -0.2) is 14.6 Å². The zero-order valence-electron chi connectivity index (χ0n) is 16.5. The number of carbonyl (C=O) groups excluding carboxylic acids is 2. The summed E-state index contributed by atoms with van der Waals surface area (Å²) in [6.45, 7) is -1.19. The van der Waals surface area contributed by atoms with Crippen molar-refractivity contribution in [3.63, 3.8) is 0 Å². The smallest absolute Gasteiger partial charge is 0.401 e. The van der Waals surface area contributed by atoms with Gasteiger partial charge in [-0.3, -0.25) is 0 Å². The normalized spacial score (nSPS) is 15.6. The lowest BCUT2D eigenvalue weighted by Gasteiger charge is -2.31. The quantitative estimate of drug-likeness (QED) is 0.296. The Labute approximate surface area is 186 Å². The van der Waals surface area contributed by atoms with Gasteiger partial charge in [-0.2, -0.15) is 26.3 Å². The number of halogens is 6. The lowest BCUT2D eigenvalue weighted by atomic mass is 10.1. The van der Waals surface area contributed by atoms with Gasteiger partial charge in [0.05, 0.1) is 5.69 Å². The molecule has 0 radical (unpaired) electrons. The van der Waals surface area contributed by atoms with Gasteiger partial charge in [0.2, 0.25) is 5.88 Å². The molecular formula is C19H14F6N2O5S. The summed E-state index contributed by atoms with van der Waals surface area (Å²) in [6.07, 6.45) is -9.35. The second-order valence-corrected chi connectivity index (χ2v) is 7.43. The zero-order valence-corrected chi connectivity index (χ0v) is 17.4. The van der Waals surface area contributed by atoms with Crippen LogP contribution in [-0.2, 0) is 25.6 Å². The minimum atomic E-state index is -5.61. The number of aromatic nitrogens is 1. The molecule has 1 aromatic carbocycles. The Balaban J connectivity index is 2.00. The zero-order chi connectivity index (χ0) is 24.4. The molecule has 33 heavy (non-hydrogen) atoms. The summed E-state index contributed by atoms with van der Waals surface area (Å²) < 4.78 is 89.9. The third kappa shape index (κ3) is 5.87. The lowest BCUT2D eigenvalue weighted by molar-refractivity contribution is -0.331. The summed E-state index contributed by atoms with van der Waals surface area (Å²) in [5.41, 5.74) is 1.01. The first-order valence-electron chi connectivity index (χ1n) is 8.97. The van der Waals surface area contributed by atoms with E-state index in [1.54, 1.807) is 30.3 Å². The van der Waals surface area contributed by atoms with E-state index in [4.69, 9.17) is 4.74 Å². The summed E-state index contributed by atoms with van der Waals surface area (Å²) in [4.78, 5) is 27.8. The number of rotatable bonds is 4. The number of nitrogens with zero attached hydrogens (tertiary/aromatic N) is 1. The van der Waals surface area contributed by atoms with Gasteiger partial charge in [-0.15, -0.1) is 11.8 Å². The van der Waals surface area contributed by atoms with E-state index in [-0.39, 0.29) is 17.8 Å². The highest BCUT2D eigenvalue weighted by atomic mass is 32.2. The second-order valence-electron chi connectivity index (χ2n) is 6.55. The summed E-state index contributed by atoms with van der Waals surface area (Å²) >= 11 is 1.48. The molecule has 1 N–H and O–H groups in total. The molecule has 0 unspecified atom stereocenters. The third-order valence-electron chi connectivity index (χ3n) is 4.19. The second kappa shape index (κ2) is 9.09. The van der Waals surface area contributed by atoms with Crippen molar-refractivity contribution in [2.75, 3.05) is 12.8 Å². The monoisotopic (exact) mass is 496 g/mol. The van der Waals surface area contributed by atoms with Gasteiger partial charge < -0.3 is 19.5 Å². The highest BCUT2D eigenvalue weighted by Gasteiger charge is 2.55. The number of thioether (sulfide) groups is 1. The highest BCUT2D eigenvalue weighted by Crippen LogP contribution is 2.33. The molecule has 3 rings (SSSR count). The molecule has 14 heteroatoms. The fourth-order valence-corrected chi connectivity index (χ4v) is 3.09. The summed E-state index contributed by atoms with van der Waals surface area (Å²) in [5.74, 6) is -9.76. The van der Waals surface area contributed by atoms with Crippen molar-refractivity contribution < 1.29 is 50.1 Å². The van der Waals surface area contributed by atoms with Crippen LogP contribution in [0.3, 0.4) is 0 Å². The Morgan fingerprint density at radius 3 is 2.09 bits per heavy atom. The molecule has 2 heterocycles. The third-order valence-corrected chi connectivity index (χ3v) is 4.94. The van der Waals surface area contributed by atoms with Crippen LogP contribution in [0, 0.1) is 0 Å². The summed E-state index contributed by atoms with van der Waals surface area (Å²) in [7, 11) is 0. The Morgan fingerprint density at radius 1 is 1.00 bits per heavy atom. The number of nitrogens with one attached hydrogen (secondary N) is 1. The van der Waals surface area contributed by atoms with Crippen LogP contribution < -0.4 is 10.1 Å². The van der Waals surface area contributed by atoms with Crippen LogP contribution in [0.5, 0.6) is 5.88 Å². The van der Waals surface area contributed by atoms with Crippen LogP contribution in [0.4, 0.5) is 26.3 Å². The Morgan fingerprint density at radius 2 is 1.58 bits per heavy atom. The molecule has 7 nitrogen and oxygen atoms in total. The van der Waals surface area contributed by atoms with Crippen molar-refractivity contribution in [3.8, 4) is 17.1 Å². The van der Waals surface area contributed by atoms with E-state index in [0.29, 0.717) is 5.56 Å². The maximum atomic E-state index is 12.8. The number of benzene rings is 1. The molecule has 2 aromatic rings. The molecule has 178 valence electrons. The summed E-state index contributed by atoms with van der Waals surface area (Å²) in [6, 6.07) is 9.94. The topological polar surface area (TPSA) is 86.8 Å². The molecule has 0 fully saturated rings. The first kappa shape index (κ1) is 24.6. The highest BCUT2D eigenvalue weighted by molar-refractivity contribution is 7.98. The van der Waals surface area contributed by atoms with Gasteiger partial charge in [0.15, 0.2) is 0 Å². The molecule has 1 aliphatic rings. The molecule has 0 saturated carbocycles. The van der Waals surface area contributed by atoms with Gasteiger partial charge in [-0.1, -0.05) is 18.2 Å². The van der Waals surface area contributed by atoms with Crippen LogP contribution in [-0.4, -0.2) is 48.0 Å². The molecule has 0 atom stereocenters. The molecular weight excluding hydrogens is 482 g/mol. The van der Waals surface area contributed by atoms with E-state index in [0.717, 1.165) is 4.90 Å². The van der Waals surface area contributed by atoms with Crippen molar-refractivity contribution in [1.29, 1.82) is 0 Å². The predicted octanol–water partition coefficient (Wildman–Crippen LogP) is 3.82. The standard InChI is InChI=1S/C19H14F6N2O5S/c1-33-12-5-2-10(3-6-12)13-7-4-11-8-26-9-17(30-14(11)27-13,31-15(28)18(20,21)22)32-16(29)19(23,24)25/h2-7,26H,8-9H2,1H3. The first-order valence-corrected chi connectivity index (χ1v) is 10.2. The SMILES string of the molecule is CSc1ccc(-c2ccc3c(n2)OC(OC(=O)C(F)(F)F)(OC(=O)C(F)(F)F)CNC3)cc1. The maximum Gasteiger partial charge on any atom is 0.491 e. The van der Waals surface area contributed by atoms with E-state index in [1.807, 2.05) is 6.26 Å². The van der Waals surface area contributed by atoms with Crippen LogP contribution in [0.25, 0.3) is 11.3 Å². The van der Waals surface area contributed by atoms with Gasteiger partial charge in [0, 0.05) is 22.6 Å². The Kier molecular flexibility index (Phi) is 6.79. The van der Waals surface area contributed by atoms with E-state index in [9.17, 15) is 35.9 Å². The van der Waals surface area contributed by atoms with E-state index < -0.39 is 42.7 Å². The van der Waals surface area contributed by atoms with Crippen LogP contribution in [0.15, 0.2) is 41.3 Å². The van der Waals surface area contributed by atoms with Gasteiger partial charge >= 0.3 is 30.3 Å². The van der Waals surface area contributed by atoms with E-state index >= 15 is 0 Å². The number of ether oxygens (including phenoxy) is 3. The Bertz CT molecular complexity index is 1010. The largest absolute Gasteiger partial charge is 0.491 e. The van der Waals surface area contributed by atoms with Gasteiger partial charge in [-0.05, 0) is 24.5 Å². The van der Waals surface area contributed by atoms with Crippen molar-refractivity contribution >= 4 is 23.7 Å². The number of pyridine rings is 1. The first-order chi connectivity index (χ1) is 15.3. The minimum Gasteiger partial charge on any atom is -0.401 e. The van der Waals surface area contributed by atoms with E-state index in [2.05, 4.69) is 19.8 Å². The van der Waals surface area contributed by atoms with Crippen molar-refractivity contribution in [2.24, 2.45) is 0 Å². The predicted molar refractivity (Wildman–Crippen MR) is 101 cm³/mol. The molecule has 0 amide bonds. The minimum absolute atomic E-state index is 0.150. The van der Waals surface area contributed by atoms with Gasteiger partial charge in [0.25, 0.3) is 0 Å². The van der Waals surface area contributed by atoms with E-state index in [1.165, 1.54) is 17.8 Å². The molecule has 1 aromatic heterocycles. The number of fused-ring (bicyclic) bond motifs is 1. The van der Waals surface area contributed by atoms with Crippen molar-refractivity contribution in [3.05, 3.63) is 42.0 Å². The molecule has 1 aliphatic heterocycles. The number of esters is 2. The average molecular weight is 496 g/mol. The number of alkyl halides is 6. The van der Waals surface area contributed by atoms with Crippen LogP contribution in [0.2, 0.25) is 0 Å². The number of hydrogen-bond donors (Lipinski definition) is 1. The molecule has 0 bridgehead atoms. The maximum absolute atomic E-state index is 12.8. The van der Waals surface area contributed by atoms with Crippen molar-refractivity contribution in [1.82, 2.24) is 10.3 Å². The van der Waals surface area contributed by atoms with Crippen LogP contribution >= 0.6 is 11.8 Å². The lowest BCUT2D eigenvalue weighted by Crippen LogP contribution is -2.55. The Hall–Kier alpha value is -3.00. The average Bonchev–Trinajstić information content (AvgIpc) is 2.90. The number of carbonyl (C=O) groups is 2. The molecule has 0 aliphatic carbocycles. The van der Waals surface area contributed by atoms with Gasteiger partial charge in [0.1, 0.15) is 6.54 Å². The van der Waals surface area contributed by atoms with Crippen molar-refractivity contribution in [2.45, 2.75) is 29.8 Å². The number of hydrogen-bond acceptors (Lipinski definition) is 8. The fraction of sp³-hybridized carbons (Fsp3) is 0.316. The summed E-state index contributed by atoms with van der Waals surface area (Å²) in [5, 5.41) is 2.43. The molecule has 0 spiro atoms. The molecule has 0 saturated heterocycles.